The second-order valence-corrected chi connectivity index (χ2v) is 5.62. The topological polar surface area (TPSA) is 12.0 Å². The Bertz CT molecular complexity index is 332. The average Bonchev–Trinajstić information content (AvgIpc) is 2.42. The van der Waals surface area contributed by atoms with Crippen LogP contribution < -0.4 is 5.32 Å². The highest BCUT2D eigenvalue weighted by atomic mass is 14.8. The molecular formula is C18H31N. The van der Waals surface area contributed by atoms with Crippen molar-refractivity contribution in [3.05, 3.63) is 35.4 Å². The smallest absolute Gasteiger partial charge is 0.00200 e. The Morgan fingerprint density at radius 3 is 2.53 bits per heavy atom. The third-order valence-corrected chi connectivity index (χ3v) is 3.81. The Hall–Kier alpha value is -0.820. The molecule has 0 saturated heterocycles. The van der Waals surface area contributed by atoms with Crippen LogP contribution in [0.3, 0.4) is 0 Å². The molecule has 1 aromatic carbocycles. The molecule has 0 aliphatic carbocycles. The van der Waals surface area contributed by atoms with Crippen LogP contribution in [0.25, 0.3) is 0 Å². The molecule has 0 radical (unpaired) electrons. The summed E-state index contributed by atoms with van der Waals surface area (Å²) in [7, 11) is 0. The third kappa shape index (κ3) is 6.77. The third-order valence-electron chi connectivity index (χ3n) is 3.81. The number of nitrogens with one attached hydrogen (secondary N) is 1. The molecule has 0 bridgehead atoms. The largest absolute Gasteiger partial charge is 0.316 e. The second kappa shape index (κ2) is 10.0. The van der Waals surface area contributed by atoms with Crippen LogP contribution >= 0.6 is 0 Å². The maximum absolute atomic E-state index is 3.52. The van der Waals surface area contributed by atoms with Gasteiger partial charge in [0.15, 0.2) is 0 Å². The molecule has 0 spiro atoms. The number of hydrogen-bond donors (Lipinski definition) is 1. The summed E-state index contributed by atoms with van der Waals surface area (Å²) in [6, 6.07) is 9.03. The highest BCUT2D eigenvalue weighted by molar-refractivity contribution is 5.25. The molecule has 1 atom stereocenters. The summed E-state index contributed by atoms with van der Waals surface area (Å²) in [6.45, 7) is 8.84. The van der Waals surface area contributed by atoms with Crippen molar-refractivity contribution in [3.63, 3.8) is 0 Å². The minimum absolute atomic E-state index is 0.682. The Kier molecular flexibility index (Phi) is 8.57. The maximum atomic E-state index is 3.52. The first kappa shape index (κ1) is 16.2. The highest BCUT2D eigenvalue weighted by Gasteiger charge is 2.10. The first-order valence-electron chi connectivity index (χ1n) is 8.05. The summed E-state index contributed by atoms with van der Waals surface area (Å²) in [5.74, 6) is 0.682. The van der Waals surface area contributed by atoms with Gasteiger partial charge < -0.3 is 5.32 Å². The molecule has 0 fully saturated rings. The summed E-state index contributed by atoms with van der Waals surface area (Å²) < 4.78 is 0. The van der Waals surface area contributed by atoms with E-state index in [1.165, 1.54) is 49.7 Å². The fraction of sp³-hybridized carbons (Fsp3) is 0.667. The lowest BCUT2D eigenvalue weighted by Crippen LogP contribution is -2.21. The van der Waals surface area contributed by atoms with Crippen LogP contribution in [0.1, 0.15) is 69.4 Å². The summed E-state index contributed by atoms with van der Waals surface area (Å²) >= 11 is 0. The van der Waals surface area contributed by atoms with Crippen molar-refractivity contribution in [2.24, 2.45) is 0 Å². The Morgan fingerprint density at radius 1 is 1.05 bits per heavy atom. The normalized spacial score (nSPS) is 12.6. The molecule has 0 aliphatic heterocycles. The van der Waals surface area contributed by atoms with Crippen molar-refractivity contribution in [3.8, 4) is 0 Å². The number of hydrogen-bond acceptors (Lipinski definition) is 1. The van der Waals surface area contributed by atoms with Crippen molar-refractivity contribution in [2.45, 2.75) is 65.2 Å². The molecule has 19 heavy (non-hydrogen) atoms. The standard InChI is InChI=1S/C18H31N/c1-4-6-7-8-9-12-18(15-19-5-2)17-13-10-11-16(3)14-17/h10-11,13-14,18-19H,4-9,12,15H2,1-3H3. The molecule has 1 unspecified atom stereocenters. The van der Waals surface area contributed by atoms with Gasteiger partial charge in [0.2, 0.25) is 0 Å². The molecule has 108 valence electrons. The molecule has 0 aliphatic rings. The molecule has 0 amide bonds. The monoisotopic (exact) mass is 261 g/mol. The molecule has 1 N–H and O–H groups in total. The second-order valence-electron chi connectivity index (χ2n) is 5.62. The summed E-state index contributed by atoms with van der Waals surface area (Å²) in [6.07, 6.45) is 8.20. The molecule has 0 heterocycles. The van der Waals surface area contributed by atoms with E-state index >= 15 is 0 Å². The van der Waals surface area contributed by atoms with Crippen molar-refractivity contribution < 1.29 is 0 Å². The van der Waals surface area contributed by atoms with E-state index in [-0.39, 0.29) is 0 Å². The number of unbranched alkanes of at least 4 members (excludes halogenated alkanes) is 4. The van der Waals surface area contributed by atoms with E-state index in [4.69, 9.17) is 0 Å². The molecule has 1 rings (SSSR count). The zero-order valence-corrected chi connectivity index (χ0v) is 13.0. The van der Waals surface area contributed by atoms with E-state index < -0.39 is 0 Å². The van der Waals surface area contributed by atoms with Crippen LogP contribution in [-0.2, 0) is 0 Å². The zero-order chi connectivity index (χ0) is 13.9. The van der Waals surface area contributed by atoms with E-state index in [0.717, 1.165) is 13.1 Å². The van der Waals surface area contributed by atoms with Crippen LogP contribution in [0, 0.1) is 6.92 Å². The van der Waals surface area contributed by atoms with Crippen LogP contribution in [0.2, 0.25) is 0 Å². The average molecular weight is 261 g/mol. The predicted octanol–water partition coefficient (Wildman–Crippen LogP) is 5.05. The quantitative estimate of drug-likeness (QED) is 0.581. The van der Waals surface area contributed by atoms with Crippen LogP contribution in [0.15, 0.2) is 24.3 Å². The lowest BCUT2D eigenvalue weighted by Gasteiger charge is -2.18. The molecule has 1 aromatic rings. The van der Waals surface area contributed by atoms with Crippen molar-refractivity contribution in [1.29, 1.82) is 0 Å². The van der Waals surface area contributed by atoms with Gasteiger partial charge in [-0.05, 0) is 31.4 Å². The van der Waals surface area contributed by atoms with Gasteiger partial charge in [0.1, 0.15) is 0 Å². The Labute approximate surface area is 119 Å². The highest BCUT2D eigenvalue weighted by Crippen LogP contribution is 2.23. The van der Waals surface area contributed by atoms with Crippen molar-refractivity contribution in [1.82, 2.24) is 5.32 Å². The predicted molar refractivity (Wildman–Crippen MR) is 85.8 cm³/mol. The van der Waals surface area contributed by atoms with Gasteiger partial charge >= 0.3 is 0 Å². The van der Waals surface area contributed by atoms with Gasteiger partial charge in [0.05, 0.1) is 0 Å². The molecule has 1 nitrogen and oxygen atoms in total. The van der Waals surface area contributed by atoms with Gasteiger partial charge in [-0.3, -0.25) is 0 Å². The number of rotatable bonds is 10. The number of likely N-dealkylation sites (N-methyl/N-ethyl adjacent to an activating group) is 1. The number of benzene rings is 1. The fourth-order valence-electron chi connectivity index (χ4n) is 2.62. The van der Waals surface area contributed by atoms with E-state index in [0.29, 0.717) is 5.92 Å². The van der Waals surface area contributed by atoms with E-state index in [1.807, 2.05) is 0 Å². The van der Waals surface area contributed by atoms with Crippen molar-refractivity contribution >= 4 is 0 Å². The van der Waals surface area contributed by atoms with E-state index in [2.05, 4.69) is 50.4 Å². The number of aryl methyl sites for hydroxylation is 1. The van der Waals surface area contributed by atoms with Crippen molar-refractivity contribution in [2.75, 3.05) is 13.1 Å². The van der Waals surface area contributed by atoms with Gasteiger partial charge in [-0.25, -0.2) is 0 Å². The van der Waals surface area contributed by atoms with E-state index in [1.54, 1.807) is 0 Å². The first-order valence-corrected chi connectivity index (χ1v) is 8.05. The van der Waals surface area contributed by atoms with Gasteiger partial charge in [-0.15, -0.1) is 0 Å². The lowest BCUT2D eigenvalue weighted by molar-refractivity contribution is 0.516. The van der Waals surface area contributed by atoms with Gasteiger partial charge in [0, 0.05) is 6.54 Å². The lowest BCUT2D eigenvalue weighted by atomic mass is 9.92. The van der Waals surface area contributed by atoms with Crippen LogP contribution in [-0.4, -0.2) is 13.1 Å². The van der Waals surface area contributed by atoms with Gasteiger partial charge in [0.25, 0.3) is 0 Å². The Morgan fingerprint density at radius 2 is 1.84 bits per heavy atom. The Balaban J connectivity index is 2.47. The molecule has 1 heteroatoms. The fourth-order valence-corrected chi connectivity index (χ4v) is 2.62. The van der Waals surface area contributed by atoms with Gasteiger partial charge in [-0.1, -0.05) is 75.8 Å². The maximum Gasteiger partial charge on any atom is 0.00200 e. The SMILES string of the molecule is CCCCCCCC(CNCC)c1cccc(C)c1. The summed E-state index contributed by atoms with van der Waals surface area (Å²) in [4.78, 5) is 0. The minimum Gasteiger partial charge on any atom is -0.316 e. The molecular weight excluding hydrogens is 230 g/mol. The first-order chi connectivity index (χ1) is 9.27. The minimum atomic E-state index is 0.682. The van der Waals surface area contributed by atoms with Crippen LogP contribution in [0.5, 0.6) is 0 Å². The van der Waals surface area contributed by atoms with Gasteiger partial charge in [-0.2, -0.15) is 0 Å². The zero-order valence-electron chi connectivity index (χ0n) is 13.0. The summed E-state index contributed by atoms with van der Waals surface area (Å²) in [5, 5.41) is 3.52. The van der Waals surface area contributed by atoms with Crippen LogP contribution in [0.4, 0.5) is 0 Å². The van der Waals surface area contributed by atoms with E-state index in [9.17, 15) is 0 Å². The summed E-state index contributed by atoms with van der Waals surface area (Å²) in [5.41, 5.74) is 2.89. The molecule has 0 saturated carbocycles. The molecule has 0 aromatic heterocycles.